The van der Waals surface area contributed by atoms with Crippen molar-refractivity contribution >= 4 is 15.7 Å². The molecule has 0 bridgehead atoms. The molecule has 1 unspecified atom stereocenters. The van der Waals surface area contributed by atoms with Gasteiger partial charge in [-0.1, -0.05) is 66.2 Å². The van der Waals surface area contributed by atoms with Crippen molar-refractivity contribution in [2.24, 2.45) is 0 Å². The van der Waals surface area contributed by atoms with Crippen molar-refractivity contribution in [1.29, 1.82) is 0 Å². The van der Waals surface area contributed by atoms with Crippen molar-refractivity contribution in [3.8, 4) is 0 Å². The van der Waals surface area contributed by atoms with Crippen LogP contribution >= 0.6 is 0 Å². The lowest BCUT2D eigenvalue weighted by molar-refractivity contribution is 0.594. The van der Waals surface area contributed by atoms with Crippen LogP contribution in [0.15, 0.2) is 83.8 Å². The van der Waals surface area contributed by atoms with Gasteiger partial charge in [0.05, 0.1) is 16.6 Å². The molecule has 0 aromatic heterocycles. The highest BCUT2D eigenvalue weighted by Crippen LogP contribution is 2.46. The van der Waals surface area contributed by atoms with Gasteiger partial charge in [0.2, 0.25) is 0 Å². The van der Waals surface area contributed by atoms with Crippen molar-refractivity contribution in [3.63, 3.8) is 0 Å². The molecule has 0 fully saturated rings. The van der Waals surface area contributed by atoms with E-state index >= 15 is 0 Å². The number of hydrogen-bond donors (Lipinski definition) is 0. The van der Waals surface area contributed by atoms with Gasteiger partial charge < -0.3 is 0 Å². The van der Waals surface area contributed by atoms with E-state index in [0.29, 0.717) is 10.6 Å². The molecule has 0 spiro atoms. The standard InChI is InChI=1S/C20H17NO2S/c1-15-12-13-19-18(14-15)20(16-8-4-2-5-9-16)21(24(19,22)23)17-10-6-3-7-11-17/h2-14,20H,1H3. The van der Waals surface area contributed by atoms with Gasteiger partial charge in [-0.25, -0.2) is 8.42 Å². The predicted octanol–water partition coefficient (Wildman–Crippen LogP) is 4.29. The van der Waals surface area contributed by atoms with Crippen LogP contribution in [0.25, 0.3) is 0 Å². The molecule has 1 aliphatic rings. The minimum atomic E-state index is -3.58. The molecule has 0 aliphatic carbocycles. The number of fused-ring (bicyclic) bond motifs is 1. The molecule has 0 amide bonds. The monoisotopic (exact) mass is 335 g/mol. The van der Waals surface area contributed by atoms with Crippen LogP contribution in [0.4, 0.5) is 5.69 Å². The Balaban J connectivity index is 2.01. The third-order valence-corrected chi connectivity index (χ3v) is 6.22. The Kier molecular flexibility index (Phi) is 3.43. The molecule has 1 aliphatic heterocycles. The summed E-state index contributed by atoms with van der Waals surface area (Å²) in [5.41, 5.74) is 3.54. The molecule has 4 heteroatoms. The zero-order chi connectivity index (χ0) is 16.7. The molecule has 3 nitrogen and oxygen atoms in total. The van der Waals surface area contributed by atoms with E-state index in [2.05, 4.69) is 0 Å². The minimum Gasteiger partial charge on any atom is -0.254 e. The number of para-hydroxylation sites is 1. The van der Waals surface area contributed by atoms with Gasteiger partial charge in [-0.05, 0) is 30.7 Å². The highest BCUT2D eigenvalue weighted by Gasteiger charge is 2.43. The number of sulfonamides is 1. The first-order chi connectivity index (χ1) is 11.6. The first-order valence-electron chi connectivity index (χ1n) is 7.84. The SMILES string of the molecule is Cc1ccc2c(c1)C(c1ccccc1)N(c1ccccc1)S2(=O)=O. The molecule has 0 saturated carbocycles. The van der Waals surface area contributed by atoms with Crippen LogP contribution in [0.1, 0.15) is 22.7 Å². The van der Waals surface area contributed by atoms with Crippen molar-refractivity contribution in [1.82, 2.24) is 0 Å². The molecular weight excluding hydrogens is 318 g/mol. The smallest absolute Gasteiger partial charge is 0.254 e. The Morgan fingerprint density at radius 3 is 2.12 bits per heavy atom. The summed E-state index contributed by atoms with van der Waals surface area (Å²) < 4.78 is 27.9. The second kappa shape index (κ2) is 5.49. The normalized spacial score (nSPS) is 18.4. The Bertz CT molecular complexity index is 983. The number of benzene rings is 3. The summed E-state index contributed by atoms with van der Waals surface area (Å²) in [7, 11) is -3.58. The molecule has 0 saturated heterocycles. The van der Waals surface area contributed by atoms with Gasteiger partial charge in [-0.2, -0.15) is 0 Å². The topological polar surface area (TPSA) is 37.4 Å². The van der Waals surface area contributed by atoms with E-state index in [9.17, 15) is 8.42 Å². The maximum Gasteiger partial charge on any atom is 0.265 e. The number of anilines is 1. The Morgan fingerprint density at radius 2 is 1.46 bits per heavy atom. The largest absolute Gasteiger partial charge is 0.265 e. The first-order valence-corrected chi connectivity index (χ1v) is 9.28. The average molecular weight is 335 g/mol. The van der Waals surface area contributed by atoms with E-state index in [-0.39, 0.29) is 6.04 Å². The predicted molar refractivity (Wildman–Crippen MR) is 95.6 cm³/mol. The lowest BCUT2D eigenvalue weighted by atomic mass is 9.97. The lowest BCUT2D eigenvalue weighted by Gasteiger charge is -2.26. The van der Waals surface area contributed by atoms with Gasteiger partial charge in [-0.3, -0.25) is 4.31 Å². The molecule has 24 heavy (non-hydrogen) atoms. The molecule has 1 atom stereocenters. The summed E-state index contributed by atoms with van der Waals surface area (Å²) in [4.78, 5) is 0.394. The van der Waals surface area contributed by atoms with Gasteiger partial charge in [0.25, 0.3) is 10.0 Å². The Hall–Kier alpha value is -2.59. The first kappa shape index (κ1) is 15.0. The molecule has 4 rings (SSSR count). The van der Waals surface area contributed by atoms with Gasteiger partial charge in [0.1, 0.15) is 0 Å². The van der Waals surface area contributed by atoms with E-state index in [1.807, 2.05) is 79.7 Å². The second-order valence-electron chi connectivity index (χ2n) is 5.99. The zero-order valence-electron chi connectivity index (χ0n) is 13.3. The molecule has 0 radical (unpaired) electrons. The summed E-state index contributed by atoms with van der Waals surface area (Å²) in [6.07, 6.45) is 0. The van der Waals surface area contributed by atoms with Gasteiger partial charge in [0, 0.05) is 5.56 Å². The van der Waals surface area contributed by atoms with Gasteiger partial charge >= 0.3 is 0 Å². The molecule has 120 valence electrons. The number of aryl methyl sites for hydroxylation is 1. The number of nitrogens with zero attached hydrogens (tertiary/aromatic N) is 1. The summed E-state index contributed by atoms with van der Waals surface area (Å²) in [6.45, 7) is 1.99. The van der Waals surface area contributed by atoms with Crippen LogP contribution in [0.5, 0.6) is 0 Å². The second-order valence-corrected chi connectivity index (χ2v) is 7.77. The van der Waals surface area contributed by atoms with Crippen LogP contribution in [-0.4, -0.2) is 8.42 Å². The third-order valence-electron chi connectivity index (χ3n) is 4.36. The van der Waals surface area contributed by atoms with Crippen LogP contribution < -0.4 is 4.31 Å². The number of hydrogen-bond acceptors (Lipinski definition) is 2. The summed E-state index contributed by atoms with van der Waals surface area (Å²) in [6, 6.07) is 24.3. The summed E-state index contributed by atoms with van der Waals surface area (Å²) in [5.74, 6) is 0. The summed E-state index contributed by atoms with van der Waals surface area (Å²) >= 11 is 0. The van der Waals surface area contributed by atoms with Crippen molar-refractivity contribution in [3.05, 3.63) is 95.6 Å². The van der Waals surface area contributed by atoms with E-state index in [1.54, 1.807) is 6.07 Å². The fraction of sp³-hybridized carbons (Fsp3) is 0.100. The Labute approximate surface area is 142 Å². The highest BCUT2D eigenvalue weighted by molar-refractivity contribution is 7.93. The fourth-order valence-corrected chi connectivity index (χ4v) is 5.13. The quantitative estimate of drug-likeness (QED) is 0.700. The zero-order valence-corrected chi connectivity index (χ0v) is 14.1. The van der Waals surface area contributed by atoms with E-state index < -0.39 is 10.0 Å². The fourth-order valence-electron chi connectivity index (χ4n) is 3.30. The van der Waals surface area contributed by atoms with Crippen LogP contribution in [0.2, 0.25) is 0 Å². The Morgan fingerprint density at radius 1 is 0.833 bits per heavy atom. The van der Waals surface area contributed by atoms with Crippen LogP contribution in [0, 0.1) is 6.92 Å². The van der Waals surface area contributed by atoms with E-state index in [4.69, 9.17) is 0 Å². The third kappa shape index (κ3) is 2.22. The van der Waals surface area contributed by atoms with E-state index in [1.165, 1.54) is 4.31 Å². The van der Waals surface area contributed by atoms with E-state index in [0.717, 1.165) is 16.7 Å². The van der Waals surface area contributed by atoms with Crippen LogP contribution in [0.3, 0.4) is 0 Å². The van der Waals surface area contributed by atoms with Gasteiger partial charge in [0.15, 0.2) is 0 Å². The van der Waals surface area contributed by atoms with Crippen LogP contribution in [-0.2, 0) is 10.0 Å². The van der Waals surface area contributed by atoms with Crippen molar-refractivity contribution < 1.29 is 8.42 Å². The lowest BCUT2D eigenvalue weighted by Crippen LogP contribution is -2.28. The average Bonchev–Trinajstić information content (AvgIpc) is 2.83. The molecular formula is C20H17NO2S. The van der Waals surface area contributed by atoms with Crippen molar-refractivity contribution in [2.45, 2.75) is 17.9 Å². The van der Waals surface area contributed by atoms with Gasteiger partial charge in [-0.15, -0.1) is 0 Å². The highest BCUT2D eigenvalue weighted by atomic mass is 32.2. The minimum absolute atomic E-state index is 0.339. The molecule has 3 aromatic rings. The molecule has 3 aromatic carbocycles. The molecule has 0 N–H and O–H groups in total. The maximum absolute atomic E-state index is 13.2. The molecule has 1 heterocycles. The van der Waals surface area contributed by atoms with Crippen molar-refractivity contribution in [2.75, 3.05) is 4.31 Å². The number of rotatable bonds is 2. The summed E-state index contributed by atoms with van der Waals surface area (Å²) in [5, 5.41) is 0. The maximum atomic E-state index is 13.2.